The standard InChI is InChI=1S/C17H11N3O4/c18-13-4-2-1-3-11(13)15-19-20-16(24-15)12-7-9-5-6-10(21)8-14(9)23-17(12)22/h1-8,21H,18H2. The Morgan fingerprint density at radius 3 is 2.46 bits per heavy atom. The van der Waals surface area contributed by atoms with Crippen LogP contribution in [0.2, 0.25) is 0 Å². The lowest BCUT2D eigenvalue weighted by atomic mass is 10.2. The van der Waals surface area contributed by atoms with Crippen LogP contribution in [-0.4, -0.2) is 15.3 Å². The maximum absolute atomic E-state index is 12.2. The zero-order chi connectivity index (χ0) is 16.7. The van der Waals surface area contributed by atoms with Gasteiger partial charge >= 0.3 is 5.63 Å². The second-order valence-corrected chi connectivity index (χ2v) is 5.17. The summed E-state index contributed by atoms with van der Waals surface area (Å²) in [6, 6.07) is 13.1. The molecule has 3 N–H and O–H groups in total. The number of anilines is 1. The van der Waals surface area contributed by atoms with E-state index in [0.717, 1.165) is 0 Å². The number of para-hydroxylation sites is 1. The number of benzene rings is 2. The third-order valence-electron chi connectivity index (χ3n) is 3.57. The molecule has 0 aliphatic heterocycles. The molecule has 2 heterocycles. The van der Waals surface area contributed by atoms with Crippen LogP contribution >= 0.6 is 0 Å². The summed E-state index contributed by atoms with van der Waals surface area (Å²) >= 11 is 0. The molecule has 0 spiro atoms. The fourth-order valence-corrected chi connectivity index (χ4v) is 2.38. The predicted octanol–water partition coefficient (Wildman–Crippen LogP) is 2.80. The number of nitrogens with two attached hydrogens (primary N) is 1. The van der Waals surface area contributed by atoms with Gasteiger partial charge < -0.3 is 19.7 Å². The van der Waals surface area contributed by atoms with E-state index in [-0.39, 0.29) is 28.7 Å². The zero-order valence-corrected chi connectivity index (χ0v) is 12.3. The average molecular weight is 321 g/mol. The third-order valence-corrected chi connectivity index (χ3v) is 3.57. The van der Waals surface area contributed by atoms with Crippen LogP contribution in [0.25, 0.3) is 33.9 Å². The maximum atomic E-state index is 12.2. The molecule has 0 bridgehead atoms. The normalized spacial score (nSPS) is 11.0. The Labute approximate surface area is 135 Å². The van der Waals surface area contributed by atoms with Gasteiger partial charge in [0.2, 0.25) is 5.89 Å². The molecule has 4 rings (SSSR count). The highest BCUT2D eigenvalue weighted by molar-refractivity contribution is 5.81. The number of fused-ring (bicyclic) bond motifs is 1. The zero-order valence-electron chi connectivity index (χ0n) is 12.3. The highest BCUT2D eigenvalue weighted by atomic mass is 16.4. The van der Waals surface area contributed by atoms with Gasteiger partial charge in [0.25, 0.3) is 5.89 Å². The summed E-state index contributed by atoms with van der Waals surface area (Å²) in [6.45, 7) is 0. The van der Waals surface area contributed by atoms with Crippen molar-refractivity contribution in [1.29, 1.82) is 0 Å². The minimum atomic E-state index is -0.635. The molecule has 0 atom stereocenters. The van der Waals surface area contributed by atoms with Crippen molar-refractivity contribution in [3.63, 3.8) is 0 Å². The summed E-state index contributed by atoms with van der Waals surface area (Å²) in [7, 11) is 0. The highest BCUT2D eigenvalue weighted by Gasteiger charge is 2.17. The number of hydrogen-bond donors (Lipinski definition) is 2. The Hall–Kier alpha value is -3.61. The van der Waals surface area contributed by atoms with E-state index in [1.165, 1.54) is 12.1 Å². The number of phenols is 1. The molecule has 0 saturated carbocycles. The number of nitrogens with zero attached hydrogens (tertiary/aromatic N) is 2. The van der Waals surface area contributed by atoms with Gasteiger partial charge in [-0.25, -0.2) is 4.79 Å². The van der Waals surface area contributed by atoms with Crippen molar-refractivity contribution < 1.29 is 13.9 Å². The van der Waals surface area contributed by atoms with Crippen LogP contribution in [0.15, 0.2) is 62.2 Å². The number of aromatic nitrogens is 2. The largest absolute Gasteiger partial charge is 0.508 e. The van der Waals surface area contributed by atoms with Crippen LogP contribution in [0.5, 0.6) is 5.75 Å². The molecule has 24 heavy (non-hydrogen) atoms. The number of rotatable bonds is 2. The Balaban J connectivity index is 1.84. The quantitative estimate of drug-likeness (QED) is 0.431. The summed E-state index contributed by atoms with van der Waals surface area (Å²) < 4.78 is 10.8. The molecule has 0 saturated heterocycles. The smallest absolute Gasteiger partial charge is 0.349 e. The number of nitrogen functional groups attached to an aromatic ring is 1. The lowest BCUT2D eigenvalue weighted by Gasteiger charge is -2.00. The molecule has 0 fully saturated rings. The summed E-state index contributed by atoms with van der Waals surface area (Å²) in [6.07, 6.45) is 0. The van der Waals surface area contributed by atoms with Gasteiger partial charge in [-0.15, -0.1) is 10.2 Å². The molecule has 0 aliphatic carbocycles. The van der Waals surface area contributed by atoms with Crippen molar-refractivity contribution in [3.8, 4) is 28.7 Å². The van der Waals surface area contributed by atoms with E-state index in [1.807, 2.05) is 0 Å². The van der Waals surface area contributed by atoms with Crippen molar-refractivity contribution in [2.45, 2.75) is 0 Å². The lowest BCUT2D eigenvalue weighted by molar-refractivity contribution is 0.473. The van der Waals surface area contributed by atoms with E-state index in [4.69, 9.17) is 14.6 Å². The molecule has 2 aromatic heterocycles. The van der Waals surface area contributed by atoms with Crippen LogP contribution in [0.1, 0.15) is 0 Å². The molecule has 0 amide bonds. The molecule has 0 unspecified atom stereocenters. The minimum absolute atomic E-state index is 0.0121. The van der Waals surface area contributed by atoms with Gasteiger partial charge in [-0.1, -0.05) is 12.1 Å². The topological polar surface area (TPSA) is 115 Å². The van der Waals surface area contributed by atoms with E-state index < -0.39 is 5.63 Å². The van der Waals surface area contributed by atoms with E-state index >= 15 is 0 Å². The van der Waals surface area contributed by atoms with Crippen molar-refractivity contribution in [2.75, 3.05) is 5.73 Å². The summed E-state index contributed by atoms with van der Waals surface area (Å²) in [5.74, 6) is 0.267. The van der Waals surface area contributed by atoms with Gasteiger partial charge in [-0.3, -0.25) is 0 Å². The summed E-state index contributed by atoms with van der Waals surface area (Å²) in [5.41, 5.74) is 6.75. The van der Waals surface area contributed by atoms with Crippen LogP contribution in [-0.2, 0) is 0 Å². The van der Waals surface area contributed by atoms with Crippen molar-refractivity contribution in [2.24, 2.45) is 0 Å². The Kier molecular flexibility index (Phi) is 3.06. The van der Waals surface area contributed by atoms with Crippen LogP contribution in [0.4, 0.5) is 5.69 Å². The van der Waals surface area contributed by atoms with Gasteiger partial charge in [0.15, 0.2) is 0 Å². The second-order valence-electron chi connectivity index (χ2n) is 5.17. The van der Waals surface area contributed by atoms with Gasteiger partial charge in [0.05, 0.1) is 5.56 Å². The molecule has 2 aromatic carbocycles. The second kappa shape index (κ2) is 5.24. The van der Waals surface area contributed by atoms with Gasteiger partial charge in [0.1, 0.15) is 16.9 Å². The Morgan fingerprint density at radius 2 is 1.67 bits per heavy atom. The van der Waals surface area contributed by atoms with Gasteiger partial charge in [0, 0.05) is 17.1 Å². The first kappa shape index (κ1) is 14.0. The van der Waals surface area contributed by atoms with E-state index in [0.29, 0.717) is 16.6 Å². The van der Waals surface area contributed by atoms with Crippen molar-refractivity contribution in [1.82, 2.24) is 10.2 Å². The molecule has 7 nitrogen and oxygen atoms in total. The molecular weight excluding hydrogens is 310 g/mol. The molecule has 7 heteroatoms. The van der Waals surface area contributed by atoms with Crippen molar-refractivity contribution in [3.05, 3.63) is 59.0 Å². The maximum Gasteiger partial charge on any atom is 0.349 e. The minimum Gasteiger partial charge on any atom is -0.508 e. The number of aromatic hydroxyl groups is 1. The van der Waals surface area contributed by atoms with Crippen LogP contribution < -0.4 is 11.4 Å². The van der Waals surface area contributed by atoms with Gasteiger partial charge in [-0.2, -0.15) is 0 Å². The number of hydrogen-bond acceptors (Lipinski definition) is 7. The van der Waals surface area contributed by atoms with E-state index in [2.05, 4.69) is 10.2 Å². The lowest BCUT2D eigenvalue weighted by Crippen LogP contribution is -2.02. The molecule has 118 valence electrons. The molecule has 0 radical (unpaired) electrons. The third kappa shape index (κ3) is 2.28. The fourth-order valence-electron chi connectivity index (χ4n) is 2.38. The summed E-state index contributed by atoms with van der Waals surface area (Å²) in [5, 5.41) is 17.9. The van der Waals surface area contributed by atoms with Crippen LogP contribution in [0, 0.1) is 0 Å². The molecular formula is C17H11N3O4. The van der Waals surface area contributed by atoms with E-state index in [1.54, 1.807) is 36.4 Å². The predicted molar refractivity (Wildman–Crippen MR) is 87.3 cm³/mol. The Bertz CT molecular complexity index is 1110. The molecule has 0 aliphatic rings. The van der Waals surface area contributed by atoms with Crippen LogP contribution in [0.3, 0.4) is 0 Å². The van der Waals surface area contributed by atoms with Gasteiger partial charge in [-0.05, 0) is 30.3 Å². The first-order chi connectivity index (χ1) is 11.6. The highest BCUT2D eigenvalue weighted by Crippen LogP contribution is 2.28. The molecule has 4 aromatic rings. The fraction of sp³-hybridized carbons (Fsp3) is 0. The Morgan fingerprint density at radius 1 is 0.917 bits per heavy atom. The SMILES string of the molecule is Nc1ccccc1-c1nnc(-c2cc3ccc(O)cc3oc2=O)o1. The average Bonchev–Trinajstić information content (AvgIpc) is 3.04. The van der Waals surface area contributed by atoms with Crippen molar-refractivity contribution >= 4 is 16.7 Å². The van der Waals surface area contributed by atoms with E-state index in [9.17, 15) is 9.90 Å². The first-order valence-corrected chi connectivity index (χ1v) is 7.07. The summed E-state index contributed by atoms with van der Waals surface area (Å²) in [4.78, 5) is 12.2. The first-order valence-electron chi connectivity index (χ1n) is 7.07. The monoisotopic (exact) mass is 321 g/mol. The number of phenolic OH excluding ortho intramolecular Hbond substituents is 1.